The quantitative estimate of drug-likeness (QED) is 0.679. The van der Waals surface area contributed by atoms with Gasteiger partial charge >= 0.3 is 0 Å². The maximum absolute atomic E-state index is 14.0. The highest BCUT2D eigenvalue weighted by atomic mass is 19.1. The third kappa shape index (κ3) is 2.97. The molecule has 1 aromatic carbocycles. The Labute approximate surface area is 157 Å². The molecular weight excluding hydrogens is 343 g/mol. The molecule has 6 heteroatoms. The van der Waals surface area contributed by atoms with Crippen molar-refractivity contribution in [1.29, 1.82) is 0 Å². The van der Waals surface area contributed by atoms with Crippen molar-refractivity contribution in [2.75, 3.05) is 0 Å². The van der Waals surface area contributed by atoms with Gasteiger partial charge in [-0.15, -0.1) is 0 Å². The van der Waals surface area contributed by atoms with E-state index in [4.69, 9.17) is 0 Å². The maximum atomic E-state index is 14.0. The summed E-state index contributed by atoms with van der Waals surface area (Å²) < 4.78 is 17.6. The fourth-order valence-corrected chi connectivity index (χ4v) is 4.51. The lowest BCUT2D eigenvalue weighted by Gasteiger charge is -2.33. The third-order valence-electron chi connectivity index (χ3n) is 5.80. The average Bonchev–Trinajstić information content (AvgIpc) is 3.17. The van der Waals surface area contributed by atoms with E-state index in [9.17, 15) is 9.18 Å². The molecule has 0 saturated heterocycles. The highest BCUT2D eigenvalue weighted by Gasteiger charge is 2.30. The van der Waals surface area contributed by atoms with Gasteiger partial charge in [0.25, 0.3) is 5.56 Å². The topological polar surface area (TPSA) is 52.7 Å². The highest BCUT2D eigenvalue weighted by Crippen LogP contribution is 2.37. The molecule has 0 unspecified atom stereocenters. The molecule has 1 aliphatic rings. The molecule has 3 aromatic rings. The number of aromatic nitrogens is 4. The standard InChI is InChI=1S/C21H25FN4O/c1-13(2)19-16-9-8-15(22)10-17(16)21(27)26(18-7-5-4-6-14(18)3)20(19)25-12-23-11-24-25/h8-14,18H,4-7H2,1-3H3/t14-,18-/m1/s1. The molecule has 0 radical (unpaired) electrons. The van der Waals surface area contributed by atoms with Crippen molar-refractivity contribution >= 4 is 10.8 Å². The number of rotatable bonds is 3. The van der Waals surface area contributed by atoms with E-state index >= 15 is 0 Å². The Hall–Kier alpha value is -2.50. The van der Waals surface area contributed by atoms with E-state index in [1.165, 1.54) is 24.9 Å². The predicted molar refractivity (Wildman–Crippen MR) is 104 cm³/mol. The lowest BCUT2D eigenvalue weighted by molar-refractivity contribution is 0.250. The van der Waals surface area contributed by atoms with E-state index in [1.807, 2.05) is 4.57 Å². The molecule has 1 aliphatic carbocycles. The molecule has 2 aromatic heterocycles. The van der Waals surface area contributed by atoms with Crippen molar-refractivity contribution in [3.05, 3.63) is 52.6 Å². The van der Waals surface area contributed by atoms with Gasteiger partial charge in [-0.25, -0.2) is 14.1 Å². The molecule has 27 heavy (non-hydrogen) atoms. The molecule has 0 spiro atoms. The Balaban J connectivity index is 2.15. The number of halogens is 1. The smallest absolute Gasteiger partial charge is 0.260 e. The fourth-order valence-electron chi connectivity index (χ4n) is 4.51. The minimum Gasteiger partial charge on any atom is -0.289 e. The van der Waals surface area contributed by atoms with Gasteiger partial charge in [-0.1, -0.05) is 39.7 Å². The van der Waals surface area contributed by atoms with Crippen molar-refractivity contribution < 1.29 is 4.39 Å². The van der Waals surface area contributed by atoms with Crippen LogP contribution in [-0.4, -0.2) is 19.3 Å². The van der Waals surface area contributed by atoms with Gasteiger partial charge in [0.15, 0.2) is 0 Å². The van der Waals surface area contributed by atoms with Crippen LogP contribution >= 0.6 is 0 Å². The van der Waals surface area contributed by atoms with Crippen LogP contribution in [0.1, 0.15) is 64.0 Å². The van der Waals surface area contributed by atoms with Crippen molar-refractivity contribution in [2.24, 2.45) is 5.92 Å². The normalized spacial score (nSPS) is 20.5. The first-order valence-electron chi connectivity index (χ1n) is 9.71. The van der Waals surface area contributed by atoms with Crippen LogP contribution in [0.2, 0.25) is 0 Å². The number of hydrogen-bond acceptors (Lipinski definition) is 3. The molecule has 2 heterocycles. The molecule has 4 rings (SSSR count). The van der Waals surface area contributed by atoms with Gasteiger partial charge in [0.2, 0.25) is 0 Å². The fraction of sp³-hybridized carbons (Fsp3) is 0.476. The van der Waals surface area contributed by atoms with Crippen molar-refractivity contribution in [3.63, 3.8) is 0 Å². The van der Waals surface area contributed by atoms with Gasteiger partial charge in [0.1, 0.15) is 24.3 Å². The second-order valence-electron chi connectivity index (χ2n) is 7.93. The predicted octanol–water partition coefficient (Wildman–Crippen LogP) is 4.60. The highest BCUT2D eigenvalue weighted by molar-refractivity contribution is 5.87. The summed E-state index contributed by atoms with van der Waals surface area (Å²) in [5.74, 6) is 0.907. The Bertz CT molecular complexity index is 1020. The largest absolute Gasteiger partial charge is 0.289 e. The minimum atomic E-state index is -0.383. The van der Waals surface area contributed by atoms with Gasteiger partial charge in [0.05, 0.1) is 5.39 Å². The van der Waals surface area contributed by atoms with E-state index in [2.05, 4.69) is 30.9 Å². The van der Waals surface area contributed by atoms with Crippen LogP contribution in [0.4, 0.5) is 4.39 Å². The zero-order valence-corrected chi connectivity index (χ0v) is 16.0. The van der Waals surface area contributed by atoms with E-state index in [0.717, 1.165) is 36.0 Å². The van der Waals surface area contributed by atoms with Crippen LogP contribution < -0.4 is 5.56 Å². The van der Waals surface area contributed by atoms with E-state index in [-0.39, 0.29) is 23.3 Å². The number of benzene rings is 1. The van der Waals surface area contributed by atoms with Crippen LogP contribution in [0, 0.1) is 11.7 Å². The summed E-state index contributed by atoms with van der Waals surface area (Å²) in [5, 5.41) is 5.59. The van der Waals surface area contributed by atoms with Crippen molar-refractivity contribution in [1.82, 2.24) is 19.3 Å². The summed E-state index contributed by atoms with van der Waals surface area (Å²) >= 11 is 0. The number of hydrogen-bond donors (Lipinski definition) is 0. The molecule has 0 amide bonds. The van der Waals surface area contributed by atoms with Gasteiger partial charge in [-0.05, 0) is 42.2 Å². The van der Waals surface area contributed by atoms with Crippen molar-refractivity contribution in [3.8, 4) is 5.82 Å². The number of fused-ring (bicyclic) bond motifs is 1. The molecule has 1 fully saturated rings. The van der Waals surface area contributed by atoms with Crippen molar-refractivity contribution in [2.45, 2.75) is 58.4 Å². The molecule has 0 N–H and O–H groups in total. The Morgan fingerprint density at radius 2 is 1.96 bits per heavy atom. The summed E-state index contributed by atoms with van der Waals surface area (Å²) in [6.45, 7) is 6.39. The molecule has 142 valence electrons. The van der Waals surface area contributed by atoms with Crippen LogP contribution in [-0.2, 0) is 0 Å². The first-order chi connectivity index (χ1) is 13.0. The molecule has 1 saturated carbocycles. The van der Waals surface area contributed by atoms with Crippen LogP contribution in [0.3, 0.4) is 0 Å². The zero-order valence-electron chi connectivity index (χ0n) is 16.0. The van der Waals surface area contributed by atoms with E-state index < -0.39 is 0 Å². The second-order valence-corrected chi connectivity index (χ2v) is 7.93. The maximum Gasteiger partial charge on any atom is 0.260 e. The SMILES string of the molecule is CC(C)c1c(-n2cncn2)n([C@@H]2CCCC[C@H]2C)c(=O)c2cc(F)ccc12. The van der Waals surface area contributed by atoms with E-state index in [1.54, 1.807) is 17.1 Å². The number of nitrogens with zero attached hydrogens (tertiary/aromatic N) is 4. The second kappa shape index (κ2) is 6.91. The first-order valence-corrected chi connectivity index (χ1v) is 9.71. The summed E-state index contributed by atoms with van der Waals surface area (Å²) in [6.07, 6.45) is 7.44. The van der Waals surface area contributed by atoms with Gasteiger partial charge in [-0.2, -0.15) is 5.10 Å². The van der Waals surface area contributed by atoms with Crippen LogP contribution in [0.25, 0.3) is 16.6 Å². The minimum absolute atomic E-state index is 0.0793. The zero-order chi connectivity index (χ0) is 19.1. The van der Waals surface area contributed by atoms with Crippen LogP contribution in [0.15, 0.2) is 35.6 Å². The lowest BCUT2D eigenvalue weighted by Crippen LogP contribution is -2.34. The Kier molecular flexibility index (Phi) is 4.58. The third-order valence-corrected chi connectivity index (χ3v) is 5.80. The molecule has 0 bridgehead atoms. The van der Waals surface area contributed by atoms with Gasteiger partial charge in [0, 0.05) is 11.6 Å². The number of pyridine rings is 1. The van der Waals surface area contributed by atoms with E-state index in [0.29, 0.717) is 11.3 Å². The monoisotopic (exact) mass is 368 g/mol. The summed E-state index contributed by atoms with van der Waals surface area (Å²) in [5.41, 5.74) is 0.867. The van der Waals surface area contributed by atoms with Gasteiger partial charge < -0.3 is 0 Å². The summed E-state index contributed by atoms with van der Waals surface area (Å²) in [4.78, 5) is 17.7. The van der Waals surface area contributed by atoms with Gasteiger partial charge in [-0.3, -0.25) is 9.36 Å². The average molecular weight is 368 g/mol. The molecule has 5 nitrogen and oxygen atoms in total. The summed E-state index contributed by atoms with van der Waals surface area (Å²) in [6, 6.07) is 4.59. The summed E-state index contributed by atoms with van der Waals surface area (Å²) in [7, 11) is 0. The molecule has 2 atom stereocenters. The molecule has 0 aliphatic heterocycles. The lowest BCUT2D eigenvalue weighted by atomic mass is 9.85. The first kappa shape index (κ1) is 17.9. The van der Waals surface area contributed by atoms with Crippen LogP contribution in [0.5, 0.6) is 0 Å². The Morgan fingerprint density at radius 3 is 2.63 bits per heavy atom. The Morgan fingerprint density at radius 1 is 1.19 bits per heavy atom. The molecular formula is C21H25FN4O.